The van der Waals surface area contributed by atoms with Crippen LogP contribution in [0.1, 0.15) is 20.3 Å². The van der Waals surface area contributed by atoms with E-state index in [0.29, 0.717) is 6.54 Å². The molecular formula is C17H27N4O3+. The number of hydrogen-bond donors (Lipinski definition) is 4. The van der Waals surface area contributed by atoms with Crippen molar-refractivity contribution in [3.8, 4) is 5.75 Å². The van der Waals surface area contributed by atoms with E-state index in [-0.39, 0.29) is 17.7 Å². The van der Waals surface area contributed by atoms with Crippen LogP contribution in [0.4, 0.5) is 10.5 Å². The second-order valence-electron chi connectivity index (χ2n) is 6.26. The van der Waals surface area contributed by atoms with Crippen LogP contribution in [0.15, 0.2) is 24.3 Å². The van der Waals surface area contributed by atoms with Crippen molar-refractivity contribution in [3.05, 3.63) is 24.3 Å². The van der Waals surface area contributed by atoms with Crippen molar-refractivity contribution in [3.63, 3.8) is 0 Å². The standard InChI is InChI=1S/C17H26N4O3/c1-3-13(2)18-17(24)19-16(23)12-20-8-10-21(11-9-20)14-4-6-15(22)7-5-14/h4-7,13,22H,3,8-12H2,1-2H3,(H2,18,19,23,24)/p+1/t13-/m0/s1. The fourth-order valence-electron chi connectivity index (χ4n) is 2.68. The molecule has 1 aromatic carbocycles. The first kappa shape index (κ1) is 18.1. The number of imide groups is 1. The lowest BCUT2D eigenvalue weighted by molar-refractivity contribution is -0.892. The Morgan fingerprint density at radius 1 is 1.25 bits per heavy atom. The Morgan fingerprint density at radius 3 is 2.46 bits per heavy atom. The molecule has 3 amide bonds. The van der Waals surface area contributed by atoms with Gasteiger partial charge in [-0.25, -0.2) is 4.79 Å². The minimum atomic E-state index is -0.420. The van der Waals surface area contributed by atoms with Crippen LogP contribution < -0.4 is 20.4 Å². The predicted octanol–water partition coefficient (Wildman–Crippen LogP) is -0.279. The van der Waals surface area contributed by atoms with Crippen LogP contribution in [0, 0.1) is 0 Å². The quantitative estimate of drug-likeness (QED) is 0.596. The number of amides is 3. The molecule has 132 valence electrons. The number of piperazine rings is 1. The van der Waals surface area contributed by atoms with Crippen LogP contribution in [0.2, 0.25) is 0 Å². The van der Waals surface area contributed by atoms with Gasteiger partial charge in [-0.3, -0.25) is 10.1 Å². The molecule has 1 saturated heterocycles. The fourth-order valence-corrected chi connectivity index (χ4v) is 2.68. The largest absolute Gasteiger partial charge is 0.508 e. The van der Waals surface area contributed by atoms with Gasteiger partial charge in [-0.2, -0.15) is 0 Å². The van der Waals surface area contributed by atoms with Crippen molar-refractivity contribution in [2.45, 2.75) is 26.3 Å². The zero-order valence-electron chi connectivity index (χ0n) is 14.3. The number of phenols is 1. The topological polar surface area (TPSA) is 86.1 Å². The smallest absolute Gasteiger partial charge is 0.321 e. The maximum Gasteiger partial charge on any atom is 0.321 e. The fraction of sp³-hybridized carbons (Fsp3) is 0.529. The lowest BCUT2D eigenvalue weighted by atomic mass is 10.2. The number of aromatic hydroxyl groups is 1. The van der Waals surface area contributed by atoms with E-state index in [1.165, 1.54) is 4.90 Å². The number of carbonyl (C=O) groups excluding carboxylic acids is 2. The van der Waals surface area contributed by atoms with Crippen molar-refractivity contribution in [1.82, 2.24) is 10.6 Å². The van der Waals surface area contributed by atoms with Gasteiger partial charge in [0.15, 0.2) is 6.54 Å². The van der Waals surface area contributed by atoms with Crippen LogP contribution >= 0.6 is 0 Å². The van der Waals surface area contributed by atoms with Crippen LogP contribution in [0.5, 0.6) is 5.75 Å². The highest BCUT2D eigenvalue weighted by molar-refractivity contribution is 5.94. The Bertz CT molecular complexity index is 553. The maximum atomic E-state index is 11.9. The summed E-state index contributed by atoms with van der Waals surface area (Å²) in [5, 5.41) is 14.5. The summed E-state index contributed by atoms with van der Waals surface area (Å²) in [5.74, 6) is 0.0132. The predicted molar refractivity (Wildman–Crippen MR) is 92.3 cm³/mol. The summed E-state index contributed by atoms with van der Waals surface area (Å²) in [6, 6.07) is 6.78. The number of rotatable bonds is 5. The Labute approximate surface area is 142 Å². The van der Waals surface area contributed by atoms with Gasteiger partial charge in [-0.1, -0.05) is 6.92 Å². The van der Waals surface area contributed by atoms with Gasteiger partial charge in [0.1, 0.15) is 5.75 Å². The summed E-state index contributed by atoms with van der Waals surface area (Å²) < 4.78 is 0. The van der Waals surface area contributed by atoms with E-state index in [0.717, 1.165) is 38.3 Å². The minimum Gasteiger partial charge on any atom is -0.508 e. The molecule has 2 rings (SSSR count). The molecule has 0 saturated carbocycles. The number of quaternary nitrogens is 1. The van der Waals surface area contributed by atoms with E-state index in [1.807, 2.05) is 26.0 Å². The highest BCUT2D eigenvalue weighted by Gasteiger charge is 2.23. The van der Waals surface area contributed by atoms with Gasteiger partial charge < -0.3 is 20.2 Å². The number of anilines is 1. The molecule has 4 N–H and O–H groups in total. The molecule has 1 heterocycles. The molecule has 0 spiro atoms. The molecule has 0 bridgehead atoms. The first-order valence-electron chi connectivity index (χ1n) is 8.45. The maximum absolute atomic E-state index is 11.9. The van der Waals surface area contributed by atoms with E-state index < -0.39 is 6.03 Å². The highest BCUT2D eigenvalue weighted by Crippen LogP contribution is 2.17. The molecule has 7 heteroatoms. The van der Waals surface area contributed by atoms with Crippen molar-refractivity contribution in [2.24, 2.45) is 0 Å². The molecule has 1 atom stereocenters. The molecule has 7 nitrogen and oxygen atoms in total. The average molecular weight is 335 g/mol. The normalized spacial score (nSPS) is 16.5. The Balaban J connectivity index is 1.73. The van der Waals surface area contributed by atoms with Gasteiger partial charge in [0.25, 0.3) is 5.91 Å². The second kappa shape index (κ2) is 8.54. The van der Waals surface area contributed by atoms with Crippen LogP contribution in [0.25, 0.3) is 0 Å². The molecule has 24 heavy (non-hydrogen) atoms. The first-order valence-corrected chi connectivity index (χ1v) is 8.45. The third kappa shape index (κ3) is 5.42. The lowest BCUT2D eigenvalue weighted by Gasteiger charge is -2.33. The minimum absolute atomic E-state index is 0.0546. The summed E-state index contributed by atoms with van der Waals surface area (Å²) in [6.07, 6.45) is 0.825. The van der Waals surface area contributed by atoms with Crippen molar-refractivity contribution < 1.29 is 19.6 Å². The van der Waals surface area contributed by atoms with Crippen LogP contribution in [0.3, 0.4) is 0 Å². The summed E-state index contributed by atoms with van der Waals surface area (Å²) in [5.41, 5.74) is 1.07. The summed E-state index contributed by atoms with van der Waals surface area (Å²) in [4.78, 5) is 27.0. The van der Waals surface area contributed by atoms with Crippen molar-refractivity contribution in [2.75, 3.05) is 37.6 Å². The molecule has 1 aliphatic heterocycles. The number of benzene rings is 1. The van der Waals surface area contributed by atoms with Gasteiger partial charge in [0.2, 0.25) is 0 Å². The van der Waals surface area contributed by atoms with Gasteiger partial charge >= 0.3 is 6.03 Å². The van der Waals surface area contributed by atoms with Gasteiger partial charge in [0.05, 0.1) is 26.2 Å². The second-order valence-corrected chi connectivity index (χ2v) is 6.26. The van der Waals surface area contributed by atoms with Crippen LogP contribution in [-0.2, 0) is 4.79 Å². The summed E-state index contributed by atoms with van der Waals surface area (Å²) in [7, 11) is 0. The SMILES string of the molecule is CC[C@H](C)NC(=O)NC(=O)C[NH+]1CCN(c2ccc(O)cc2)CC1. The molecular weight excluding hydrogens is 308 g/mol. The number of urea groups is 1. The molecule has 0 radical (unpaired) electrons. The molecule has 1 aromatic rings. The van der Waals surface area contributed by atoms with E-state index in [9.17, 15) is 14.7 Å². The number of hydrogen-bond acceptors (Lipinski definition) is 4. The van der Waals surface area contributed by atoms with E-state index in [2.05, 4.69) is 15.5 Å². The Morgan fingerprint density at radius 2 is 1.88 bits per heavy atom. The van der Waals surface area contributed by atoms with E-state index in [4.69, 9.17) is 0 Å². The Hall–Kier alpha value is -2.28. The molecule has 0 aliphatic carbocycles. The highest BCUT2D eigenvalue weighted by atomic mass is 16.3. The molecule has 0 unspecified atom stereocenters. The van der Waals surface area contributed by atoms with Crippen molar-refractivity contribution >= 4 is 17.6 Å². The molecule has 0 aromatic heterocycles. The number of phenolic OH excluding ortho intramolecular Hbond substituents is 1. The zero-order chi connectivity index (χ0) is 17.5. The zero-order valence-corrected chi connectivity index (χ0v) is 14.3. The monoisotopic (exact) mass is 335 g/mol. The van der Waals surface area contributed by atoms with Gasteiger partial charge in [-0.05, 0) is 37.6 Å². The summed E-state index contributed by atoms with van der Waals surface area (Å²) >= 11 is 0. The Kier molecular flexibility index (Phi) is 6.43. The van der Waals surface area contributed by atoms with Gasteiger partial charge in [-0.15, -0.1) is 0 Å². The molecule has 1 fully saturated rings. The third-order valence-electron chi connectivity index (χ3n) is 4.34. The van der Waals surface area contributed by atoms with Crippen LogP contribution in [-0.4, -0.2) is 55.8 Å². The summed E-state index contributed by atoms with van der Waals surface area (Å²) in [6.45, 7) is 7.53. The lowest BCUT2D eigenvalue weighted by Crippen LogP contribution is -3.16. The number of carbonyl (C=O) groups is 2. The molecule has 1 aliphatic rings. The average Bonchev–Trinajstić information content (AvgIpc) is 2.56. The first-order chi connectivity index (χ1) is 11.5. The number of nitrogens with zero attached hydrogens (tertiary/aromatic N) is 1. The van der Waals surface area contributed by atoms with Gasteiger partial charge in [0, 0.05) is 11.7 Å². The number of nitrogens with one attached hydrogen (secondary N) is 3. The third-order valence-corrected chi connectivity index (χ3v) is 4.34. The van der Waals surface area contributed by atoms with E-state index >= 15 is 0 Å². The van der Waals surface area contributed by atoms with Crippen molar-refractivity contribution in [1.29, 1.82) is 0 Å². The van der Waals surface area contributed by atoms with E-state index in [1.54, 1.807) is 12.1 Å².